The summed E-state index contributed by atoms with van der Waals surface area (Å²) < 4.78 is 22.5. The summed E-state index contributed by atoms with van der Waals surface area (Å²) in [7, 11) is -3.72. The zero-order chi connectivity index (χ0) is 20.1. The minimum Gasteiger partial charge on any atom is -0.350 e. The molecule has 0 bridgehead atoms. The van der Waals surface area contributed by atoms with Gasteiger partial charge in [-0.15, -0.1) is 0 Å². The predicted molar refractivity (Wildman–Crippen MR) is 104 cm³/mol. The smallest absolute Gasteiger partial charge is 0.268 e. The molecule has 2 aromatic carbocycles. The molecule has 0 aliphatic carbocycles. The van der Waals surface area contributed by atoms with E-state index in [-0.39, 0.29) is 23.1 Å². The maximum absolute atomic E-state index is 12.4. The third kappa shape index (κ3) is 4.76. The summed E-state index contributed by atoms with van der Waals surface area (Å²) in [5, 5.41) is 9.20. The van der Waals surface area contributed by atoms with Crippen LogP contribution in [0.1, 0.15) is 12.0 Å². The van der Waals surface area contributed by atoms with Crippen LogP contribution in [0.25, 0.3) is 0 Å². The van der Waals surface area contributed by atoms with Crippen LogP contribution < -0.4 is 20.9 Å². The van der Waals surface area contributed by atoms with Crippen LogP contribution in [0.15, 0.2) is 71.3 Å². The first-order valence-corrected chi connectivity index (χ1v) is 10.1. The van der Waals surface area contributed by atoms with Crippen LogP contribution in [0.4, 0.5) is 5.69 Å². The number of sulfonamides is 1. The number of anilines is 1. The minimum atomic E-state index is -3.72. The van der Waals surface area contributed by atoms with Crippen molar-refractivity contribution in [3.8, 4) is 0 Å². The lowest BCUT2D eigenvalue weighted by molar-refractivity contribution is -0.120. The van der Waals surface area contributed by atoms with Crippen LogP contribution in [-0.4, -0.2) is 26.8 Å². The van der Waals surface area contributed by atoms with Gasteiger partial charge < -0.3 is 5.32 Å². The van der Waals surface area contributed by atoms with Gasteiger partial charge in [-0.3, -0.25) is 15.0 Å². The second-order valence-electron chi connectivity index (χ2n) is 6.19. The molecule has 28 heavy (non-hydrogen) atoms. The summed E-state index contributed by atoms with van der Waals surface area (Å²) in [6.07, 6.45) is 2.20. The van der Waals surface area contributed by atoms with Gasteiger partial charge >= 0.3 is 0 Å². The third-order valence-electron chi connectivity index (χ3n) is 4.17. The number of amides is 2. The van der Waals surface area contributed by atoms with Gasteiger partial charge in [0.25, 0.3) is 5.91 Å². The summed E-state index contributed by atoms with van der Waals surface area (Å²) in [5.74, 6) is -0.479. The van der Waals surface area contributed by atoms with E-state index in [0.717, 1.165) is 5.56 Å². The van der Waals surface area contributed by atoms with Gasteiger partial charge in [0.15, 0.2) is 0 Å². The standard InChI is InChI=1S/C19H20N4O4S/c20-28(26,27)16-8-6-14(7-9-16)12-13-21-19(25)17-10-11-18(24)23(22-17)15-4-2-1-3-5-15/h1-10,22H,11-13H2,(H,21,25)(H2,20,26,27). The third-order valence-corrected chi connectivity index (χ3v) is 5.10. The van der Waals surface area contributed by atoms with Gasteiger partial charge in [0.05, 0.1) is 10.6 Å². The highest BCUT2D eigenvalue weighted by atomic mass is 32.2. The van der Waals surface area contributed by atoms with Gasteiger partial charge in [0, 0.05) is 13.0 Å². The monoisotopic (exact) mass is 400 g/mol. The van der Waals surface area contributed by atoms with Gasteiger partial charge in [0.2, 0.25) is 15.9 Å². The molecule has 0 fully saturated rings. The molecule has 9 heteroatoms. The number of benzene rings is 2. The summed E-state index contributed by atoms with van der Waals surface area (Å²) in [5.41, 5.74) is 4.66. The van der Waals surface area contributed by atoms with E-state index in [1.165, 1.54) is 17.1 Å². The lowest BCUT2D eigenvalue weighted by atomic mass is 10.1. The van der Waals surface area contributed by atoms with Crippen molar-refractivity contribution in [3.05, 3.63) is 71.9 Å². The fraction of sp³-hybridized carbons (Fsp3) is 0.158. The molecule has 3 rings (SSSR count). The van der Waals surface area contributed by atoms with E-state index in [1.807, 2.05) is 18.2 Å². The van der Waals surface area contributed by atoms with Gasteiger partial charge in [-0.25, -0.2) is 18.6 Å². The van der Waals surface area contributed by atoms with E-state index in [4.69, 9.17) is 5.14 Å². The summed E-state index contributed by atoms with van der Waals surface area (Å²) in [6.45, 7) is 0.353. The topological polar surface area (TPSA) is 122 Å². The zero-order valence-corrected chi connectivity index (χ0v) is 15.8. The van der Waals surface area contributed by atoms with E-state index in [0.29, 0.717) is 24.4 Å². The lowest BCUT2D eigenvalue weighted by Crippen LogP contribution is -2.49. The second kappa shape index (κ2) is 8.24. The zero-order valence-electron chi connectivity index (χ0n) is 15.0. The van der Waals surface area contributed by atoms with Crippen molar-refractivity contribution in [1.29, 1.82) is 0 Å². The second-order valence-corrected chi connectivity index (χ2v) is 7.75. The SMILES string of the molecule is NS(=O)(=O)c1ccc(CCNC(=O)C2=CCC(=O)N(c3ccccc3)N2)cc1. The number of nitrogens with one attached hydrogen (secondary N) is 2. The molecule has 0 unspecified atom stereocenters. The number of rotatable bonds is 6. The molecule has 2 aromatic rings. The lowest BCUT2D eigenvalue weighted by Gasteiger charge is -2.28. The first kappa shape index (κ1) is 19.6. The number of carbonyl (C=O) groups excluding carboxylic acids is 2. The molecule has 8 nitrogen and oxygen atoms in total. The summed E-state index contributed by atoms with van der Waals surface area (Å²) >= 11 is 0. The Morgan fingerprint density at radius 3 is 2.43 bits per heavy atom. The van der Waals surface area contributed by atoms with Crippen LogP contribution in [-0.2, 0) is 26.0 Å². The number of nitrogens with two attached hydrogens (primary N) is 1. The molecule has 4 N–H and O–H groups in total. The number of hydrogen-bond acceptors (Lipinski definition) is 5. The highest BCUT2D eigenvalue weighted by Gasteiger charge is 2.23. The highest BCUT2D eigenvalue weighted by molar-refractivity contribution is 7.89. The van der Waals surface area contributed by atoms with Crippen LogP contribution in [0.3, 0.4) is 0 Å². The molecule has 146 valence electrons. The Bertz CT molecular complexity index is 1000. The first-order valence-electron chi connectivity index (χ1n) is 8.59. The Morgan fingerprint density at radius 2 is 1.79 bits per heavy atom. The van der Waals surface area contributed by atoms with E-state index < -0.39 is 10.0 Å². The number of primary sulfonamides is 1. The minimum absolute atomic E-state index is 0.0440. The Morgan fingerprint density at radius 1 is 1.11 bits per heavy atom. The van der Waals surface area contributed by atoms with Crippen molar-refractivity contribution in [2.45, 2.75) is 17.7 Å². The number of hydrazine groups is 1. The number of carbonyl (C=O) groups is 2. The Balaban J connectivity index is 1.55. The quantitative estimate of drug-likeness (QED) is 0.663. The molecule has 2 amide bonds. The van der Waals surface area contributed by atoms with Crippen molar-refractivity contribution < 1.29 is 18.0 Å². The molecule has 1 heterocycles. The molecule has 0 saturated heterocycles. The summed E-state index contributed by atoms with van der Waals surface area (Å²) in [6, 6.07) is 15.2. The molecular weight excluding hydrogens is 380 g/mol. The average molecular weight is 400 g/mol. The highest BCUT2D eigenvalue weighted by Crippen LogP contribution is 2.17. The van der Waals surface area contributed by atoms with E-state index >= 15 is 0 Å². The van der Waals surface area contributed by atoms with Crippen molar-refractivity contribution in [1.82, 2.24) is 10.7 Å². The molecule has 0 radical (unpaired) electrons. The maximum atomic E-state index is 12.4. The van der Waals surface area contributed by atoms with E-state index in [1.54, 1.807) is 30.3 Å². The van der Waals surface area contributed by atoms with Crippen LogP contribution in [0.2, 0.25) is 0 Å². The number of nitrogens with zero attached hydrogens (tertiary/aromatic N) is 1. The largest absolute Gasteiger partial charge is 0.350 e. The molecular formula is C19H20N4O4S. The molecule has 0 atom stereocenters. The molecule has 0 saturated carbocycles. The van der Waals surface area contributed by atoms with Gasteiger partial charge in [-0.1, -0.05) is 30.3 Å². The van der Waals surface area contributed by atoms with Crippen molar-refractivity contribution >= 4 is 27.5 Å². The molecule has 1 aliphatic heterocycles. The molecule has 1 aliphatic rings. The molecule has 0 spiro atoms. The Kier molecular flexibility index (Phi) is 5.76. The van der Waals surface area contributed by atoms with Crippen LogP contribution in [0.5, 0.6) is 0 Å². The van der Waals surface area contributed by atoms with Crippen molar-refractivity contribution in [2.75, 3.05) is 11.6 Å². The maximum Gasteiger partial charge on any atom is 0.268 e. The van der Waals surface area contributed by atoms with E-state index in [9.17, 15) is 18.0 Å². The van der Waals surface area contributed by atoms with Gasteiger partial charge in [-0.2, -0.15) is 0 Å². The van der Waals surface area contributed by atoms with Crippen LogP contribution >= 0.6 is 0 Å². The Hall–Kier alpha value is -3.17. The normalized spacial score (nSPS) is 14.2. The Labute approximate surface area is 163 Å². The number of para-hydroxylation sites is 1. The van der Waals surface area contributed by atoms with Gasteiger partial charge in [-0.05, 0) is 42.3 Å². The molecule has 0 aromatic heterocycles. The van der Waals surface area contributed by atoms with Gasteiger partial charge in [0.1, 0.15) is 5.70 Å². The van der Waals surface area contributed by atoms with Crippen LogP contribution in [0, 0.1) is 0 Å². The average Bonchev–Trinajstić information content (AvgIpc) is 2.68. The predicted octanol–water partition coefficient (Wildman–Crippen LogP) is 0.818. The first-order chi connectivity index (χ1) is 13.3. The van der Waals surface area contributed by atoms with Crippen molar-refractivity contribution in [2.24, 2.45) is 5.14 Å². The number of hydrogen-bond donors (Lipinski definition) is 3. The van der Waals surface area contributed by atoms with Crippen molar-refractivity contribution in [3.63, 3.8) is 0 Å². The van der Waals surface area contributed by atoms with E-state index in [2.05, 4.69) is 10.7 Å². The fourth-order valence-corrected chi connectivity index (χ4v) is 3.22. The fourth-order valence-electron chi connectivity index (χ4n) is 2.70. The summed E-state index contributed by atoms with van der Waals surface area (Å²) in [4.78, 5) is 24.5.